The first-order chi connectivity index (χ1) is 18.6. The van der Waals surface area contributed by atoms with Crippen LogP contribution in [0.5, 0.6) is 11.6 Å². The number of hydrogen-bond donors (Lipinski definition) is 2. The first-order valence-corrected chi connectivity index (χ1v) is 13.9. The van der Waals surface area contributed by atoms with Crippen molar-refractivity contribution in [1.82, 2.24) is 15.0 Å². The number of aromatic nitrogens is 3. The molecule has 1 aliphatic carbocycles. The summed E-state index contributed by atoms with van der Waals surface area (Å²) in [6, 6.07) is 6.68. The first-order valence-electron chi connectivity index (χ1n) is 12.4. The number of nitrogens with two attached hydrogens (primary N) is 2. The summed E-state index contributed by atoms with van der Waals surface area (Å²) in [6.07, 6.45) is 6.63. The molecule has 2 aromatic heterocycles. The molecule has 0 bridgehead atoms. The fourth-order valence-corrected chi connectivity index (χ4v) is 5.55. The number of nitrogen functional groups attached to an aromatic ring is 1. The van der Waals surface area contributed by atoms with Crippen LogP contribution in [-0.2, 0) is 10.0 Å². The van der Waals surface area contributed by atoms with Crippen LogP contribution in [0.4, 0.5) is 14.7 Å². The Balaban J connectivity index is 1.71. The number of primary sulfonamides is 1. The third-order valence-electron chi connectivity index (χ3n) is 6.83. The molecule has 5 rings (SSSR count). The summed E-state index contributed by atoms with van der Waals surface area (Å²) in [5.74, 6) is -1.81. The van der Waals surface area contributed by atoms with Crippen LogP contribution in [0.25, 0.3) is 33.2 Å². The van der Waals surface area contributed by atoms with Gasteiger partial charge in [0.15, 0.2) is 5.82 Å². The number of aryl methyl sites for hydroxylation is 1. The molecule has 2 heterocycles. The molecule has 1 saturated carbocycles. The molecule has 4 N–H and O–H groups in total. The number of rotatable bonds is 6. The number of halogens is 2. The second kappa shape index (κ2) is 10.3. The zero-order valence-electron chi connectivity index (χ0n) is 21.4. The molecule has 0 radical (unpaired) electrons. The van der Waals surface area contributed by atoms with Crippen molar-refractivity contribution in [2.75, 3.05) is 12.8 Å². The number of pyridine rings is 1. The lowest BCUT2D eigenvalue weighted by molar-refractivity contribution is 0.157. The monoisotopic (exact) mass is 555 g/mol. The number of anilines is 1. The number of hydrogen-bond acceptors (Lipinski definition) is 8. The standard InChI is InChI=1S/C27H27F2N5O4S/c1-14-18-10-15(12-21(25(18)34-27(30)33-14)38-17-6-4-3-5-7-17)16-11-19(26(37-2)32-13-16)23-20(28)8-9-22(24(23)29)39(31,35)36/h8-13,17H,3-7H2,1-2H3,(H2,30,33,34)(H2,31,35,36). The van der Waals surface area contributed by atoms with Gasteiger partial charge in [-0.05, 0) is 68.5 Å². The molecular weight excluding hydrogens is 528 g/mol. The first kappa shape index (κ1) is 26.7. The van der Waals surface area contributed by atoms with Gasteiger partial charge >= 0.3 is 0 Å². The van der Waals surface area contributed by atoms with Crippen molar-refractivity contribution in [2.24, 2.45) is 5.14 Å². The summed E-state index contributed by atoms with van der Waals surface area (Å²) in [5.41, 5.74) is 7.51. The van der Waals surface area contributed by atoms with Gasteiger partial charge in [0.1, 0.15) is 22.0 Å². The van der Waals surface area contributed by atoms with Crippen molar-refractivity contribution in [1.29, 1.82) is 0 Å². The Morgan fingerprint density at radius 3 is 2.46 bits per heavy atom. The highest BCUT2D eigenvalue weighted by atomic mass is 32.2. The van der Waals surface area contributed by atoms with E-state index >= 15 is 4.39 Å². The average molecular weight is 556 g/mol. The van der Waals surface area contributed by atoms with Crippen LogP contribution < -0.4 is 20.3 Å². The quantitative estimate of drug-likeness (QED) is 0.342. The Morgan fingerprint density at radius 2 is 1.77 bits per heavy atom. The van der Waals surface area contributed by atoms with E-state index < -0.39 is 32.1 Å². The van der Waals surface area contributed by atoms with E-state index in [1.807, 2.05) is 6.07 Å². The molecular formula is C27H27F2N5O4S. The van der Waals surface area contributed by atoms with Gasteiger partial charge in [-0.1, -0.05) is 6.42 Å². The van der Waals surface area contributed by atoms with E-state index in [-0.39, 0.29) is 23.5 Å². The van der Waals surface area contributed by atoms with Crippen LogP contribution in [0.1, 0.15) is 37.8 Å². The van der Waals surface area contributed by atoms with E-state index in [9.17, 15) is 12.8 Å². The van der Waals surface area contributed by atoms with E-state index in [4.69, 9.17) is 20.3 Å². The van der Waals surface area contributed by atoms with Crippen LogP contribution in [0.2, 0.25) is 0 Å². The molecule has 0 spiro atoms. The molecule has 9 nitrogen and oxygen atoms in total. The highest BCUT2D eigenvalue weighted by Crippen LogP contribution is 2.40. The van der Waals surface area contributed by atoms with Crippen molar-refractivity contribution < 1.29 is 26.7 Å². The Hall–Kier alpha value is -3.90. The Kier molecular flexibility index (Phi) is 7.08. The van der Waals surface area contributed by atoms with Gasteiger partial charge in [0.25, 0.3) is 0 Å². The van der Waals surface area contributed by atoms with Crippen molar-refractivity contribution in [3.8, 4) is 33.9 Å². The molecule has 39 heavy (non-hydrogen) atoms. The lowest BCUT2D eigenvalue weighted by atomic mass is 9.97. The van der Waals surface area contributed by atoms with Crippen molar-refractivity contribution in [2.45, 2.75) is 50.0 Å². The van der Waals surface area contributed by atoms with Crippen molar-refractivity contribution in [3.05, 3.63) is 53.9 Å². The number of sulfonamides is 1. The van der Waals surface area contributed by atoms with Gasteiger partial charge in [0.05, 0.1) is 30.0 Å². The Labute approximate surface area is 224 Å². The third-order valence-corrected chi connectivity index (χ3v) is 7.76. The normalized spacial score (nSPS) is 14.5. The van der Waals surface area contributed by atoms with Crippen molar-refractivity contribution >= 4 is 26.9 Å². The maximum atomic E-state index is 15.4. The Morgan fingerprint density at radius 1 is 1.03 bits per heavy atom. The van der Waals surface area contributed by atoms with Gasteiger partial charge in [0, 0.05) is 17.1 Å². The molecule has 1 fully saturated rings. The van der Waals surface area contributed by atoms with Crippen LogP contribution in [0, 0.1) is 18.6 Å². The van der Waals surface area contributed by atoms with Crippen molar-refractivity contribution in [3.63, 3.8) is 0 Å². The maximum Gasteiger partial charge on any atom is 0.240 e. The summed E-state index contributed by atoms with van der Waals surface area (Å²) in [7, 11) is -3.16. The number of benzene rings is 2. The smallest absolute Gasteiger partial charge is 0.240 e. The Bertz CT molecular complexity index is 1690. The van der Waals surface area contributed by atoms with Gasteiger partial charge in [0.2, 0.25) is 21.9 Å². The van der Waals surface area contributed by atoms with E-state index in [1.165, 1.54) is 19.4 Å². The van der Waals surface area contributed by atoms with Crippen LogP contribution in [0.3, 0.4) is 0 Å². The number of ether oxygens (including phenoxy) is 2. The molecule has 0 atom stereocenters. The molecule has 2 aromatic carbocycles. The fraction of sp³-hybridized carbons (Fsp3) is 0.296. The molecule has 0 unspecified atom stereocenters. The lowest BCUT2D eigenvalue weighted by Gasteiger charge is -2.24. The minimum absolute atomic E-state index is 0.0161. The molecule has 0 saturated heterocycles. The minimum atomic E-state index is -4.46. The summed E-state index contributed by atoms with van der Waals surface area (Å²) < 4.78 is 65.8. The number of fused-ring (bicyclic) bond motifs is 1. The molecule has 1 aliphatic rings. The summed E-state index contributed by atoms with van der Waals surface area (Å²) in [4.78, 5) is 12.1. The molecule has 0 amide bonds. The summed E-state index contributed by atoms with van der Waals surface area (Å²) >= 11 is 0. The van der Waals surface area contributed by atoms with Crippen LogP contribution >= 0.6 is 0 Å². The van der Waals surface area contributed by atoms with Crippen LogP contribution in [0.15, 0.2) is 41.4 Å². The molecule has 4 aromatic rings. The highest BCUT2D eigenvalue weighted by Gasteiger charge is 2.25. The van der Waals surface area contributed by atoms with E-state index in [0.717, 1.165) is 44.2 Å². The topological polar surface area (TPSA) is 143 Å². The summed E-state index contributed by atoms with van der Waals surface area (Å²) in [5, 5.41) is 5.84. The molecule has 0 aliphatic heterocycles. The van der Waals surface area contributed by atoms with Gasteiger partial charge in [-0.15, -0.1) is 0 Å². The SMILES string of the molecule is COc1ncc(-c2cc(OC3CCCCC3)c3nc(N)nc(C)c3c2)cc1-c1c(F)ccc(S(N)(=O)=O)c1F. The fourth-order valence-electron chi connectivity index (χ4n) is 4.94. The minimum Gasteiger partial charge on any atom is -0.488 e. The largest absolute Gasteiger partial charge is 0.488 e. The van der Waals surface area contributed by atoms with E-state index in [0.29, 0.717) is 33.5 Å². The summed E-state index contributed by atoms with van der Waals surface area (Å²) in [6.45, 7) is 1.80. The maximum absolute atomic E-state index is 15.4. The second-order valence-electron chi connectivity index (χ2n) is 9.48. The van der Waals surface area contributed by atoms with E-state index in [1.54, 1.807) is 13.0 Å². The van der Waals surface area contributed by atoms with Gasteiger partial charge < -0.3 is 15.2 Å². The average Bonchev–Trinajstić information content (AvgIpc) is 2.89. The predicted molar refractivity (Wildman–Crippen MR) is 143 cm³/mol. The number of methoxy groups -OCH3 is 1. The van der Waals surface area contributed by atoms with E-state index in [2.05, 4.69) is 15.0 Å². The van der Waals surface area contributed by atoms with Gasteiger partial charge in [-0.25, -0.2) is 37.3 Å². The number of nitrogens with zero attached hydrogens (tertiary/aromatic N) is 3. The van der Waals surface area contributed by atoms with Gasteiger partial charge in [-0.2, -0.15) is 0 Å². The third kappa shape index (κ3) is 5.21. The zero-order valence-corrected chi connectivity index (χ0v) is 22.2. The molecule has 204 valence electrons. The predicted octanol–water partition coefficient (Wildman–Crippen LogP) is 4.90. The highest BCUT2D eigenvalue weighted by molar-refractivity contribution is 7.89. The second-order valence-corrected chi connectivity index (χ2v) is 11.0. The molecule has 12 heteroatoms. The van der Waals surface area contributed by atoms with Crippen LogP contribution in [-0.4, -0.2) is 36.6 Å². The lowest BCUT2D eigenvalue weighted by Crippen LogP contribution is -2.20. The zero-order chi connectivity index (χ0) is 27.9. The van der Waals surface area contributed by atoms with Gasteiger partial charge in [-0.3, -0.25) is 0 Å².